The second kappa shape index (κ2) is 8.92. The number of rotatable bonds is 5. The molecule has 3 fully saturated rings. The summed E-state index contributed by atoms with van der Waals surface area (Å²) in [5, 5.41) is 8.60. The van der Waals surface area contributed by atoms with E-state index in [1.54, 1.807) is 0 Å². The van der Waals surface area contributed by atoms with Crippen molar-refractivity contribution in [2.24, 2.45) is 5.92 Å². The van der Waals surface area contributed by atoms with E-state index >= 15 is 0 Å². The van der Waals surface area contributed by atoms with E-state index in [4.69, 9.17) is 14.2 Å². The van der Waals surface area contributed by atoms with Crippen LogP contribution in [-0.4, -0.2) is 50.2 Å². The number of benzene rings is 2. The molecule has 2 saturated heterocycles. The summed E-state index contributed by atoms with van der Waals surface area (Å²) in [4.78, 5) is 12.6. The first-order valence-electron chi connectivity index (χ1n) is 11.2. The quantitative estimate of drug-likeness (QED) is 0.777. The Morgan fingerprint density at radius 1 is 0.967 bits per heavy atom. The van der Waals surface area contributed by atoms with Crippen molar-refractivity contribution in [1.29, 1.82) is 0 Å². The standard InChI is InChI=1S/C24H30N2O4/c27-24(26-19-12-6-10-17-9-4-5-11-18(17)19)30-21-15-29-22-20(14-28-23(21)22)25-13-16-7-2-1-3-8-16/h4-6,9-12,16,20-23,25H,1-3,7-8,13-15H2,(H,26,27). The third-order valence-electron chi connectivity index (χ3n) is 6.69. The summed E-state index contributed by atoms with van der Waals surface area (Å²) < 4.78 is 17.6. The zero-order chi connectivity index (χ0) is 20.3. The van der Waals surface area contributed by atoms with Crippen molar-refractivity contribution in [2.75, 3.05) is 25.1 Å². The van der Waals surface area contributed by atoms with Crippen molar-refractivity contribution < 1.29 is 19.0 Å². The summed E-state index contributed by atoms with van der Waals surface area (Å²) in [6.07, 6.45) is 5.59. The third-order valence-corrected chi connectivity index (χ3v) is 6.69. The van der Waals surface area contributed by atoms with Gasteiger partial charge in [-0.1, -0.05) is 55.7 Å². The molecule has 0 spiro atoms. The van der Waals surface area contributed by atoms with Crippen LogP contribution in [-0.2, 0) is 14.2 Å². The third kappa shape index (κ3) is 4.17. The highest BCUT2D eigenvalue weighted by atomic mass is 16.6. The van der Waals surface area contributed by atoms with Crippen LogP contribution in [0.1, 0.15) is 32.1 Å². The first kappa shape index (κ1) is 19.8. The van der Waals surface area contributed by atoms with E-state index in [2.05, 4.69) is 10.6 Å². The van der Waals surface area contributed by atoms with Crippen molar-refractivity contribution in [3.8, 4) is 0 Å². The van der Waals surface area contributed by atoms with E-state index in [1.165, 1.54) is 32.1 Å². The zero-order valence-corrected chi connectivity index (χ0v) is 17.2. The Labute approximate surface area is 177 Å². The molecule has 2 heterocycles. The summed E-state index contributed by atoms with van der Waals surface area (Å²) in [5.41, 5.74) is 0.743. The van der Waals surface area contributed by atoms with Gasteiger partial charge in [-0.05, 0) is 36.8 Å². The lowest BCUT2D eigenvalue weighted by Crippen LogP contribution is -2.43. The van der Waals surface area contributed by atoms with Crippen molar-refractivity contribution in [1.82, 2.24) is 5.32 Å². The average Bonchev–Trinajstić information content (AvgIpc) is 3.36. The number of ether oxygens (including phenoxy) is 3. The highest BCUT2D eigenvalue weighted by Gasteiger charge is 2.49. The second-order valence-electron chi connectivity index (χ2n) is 8.71. The highest BCUT2D eigenvalue weighted by molar-refractivity contribution is 6.00. The molecule has 0 bridgehead atoms. The predicted molar refractivity (Wildman–Crippen MR) is 116 cm³/mol. The van der Waals surface area contributed by atoms with E-state index in [0.29, 0.717) is 13.2 Å². The fourth-order valence-corrected chi connectivity index (χ4v) is 5.06. The lowest BCUT2D eigenvalue weighted by molar-refractivity contribution is 0.00851. The van der Waals surface area contributed by atoms with Gasteiger partial charge in [0.2, 0.25) is 0 Å². The van der Waals surface area contributed by atoms with Crippen molar-refractivity contribution >= 4 is 22.6 Å². The molecule has 6 heteroatoms. The fourth-order valence-electron chi connectivity index (χ4n) is 5.06. The molecule has 4 unspecified atom stereocenters. The molecule has 1 saturated carbocycles. The van der Waals surface area contributed by atoms with Gasteiger partial charge in [-0.2, -0.15) is 0 Å². The van der Waals surface area contributed by atoms with Gasteiger partial charge < -0.3 is 19.5 Å². The molecular weight excluding hydrogens is 380 g/mol. The van der Waals surface area contributed by atoms with Gasteiger partial charge in [0.25, 0.3) is 0 Å². The second-order valence-corrected chi connectivity index (χ2v) is 8.71. The Balaban J connectivity index is 1.15. The Kier molecular flexibility index (Phi) is 5.88. The lowest BCUT2D eigenvalue weighted by atomic mass is 9.89. The summed E-state index contributed by atoms with van der Waals surface area (Å²) in [7, 11) is 0. The number of carbonyl (C=O) groups excluding carboxylic acids is 1. The molecule has 2 aliphatic heterocycles. The minimum absolute atomic E-state index is 0.0519. The fraction of sp³-hybridized carbons (Fsp3) is 0.542. The summed E-state index contributed by atoms with van der Waals surface area (Å²) >= 11 is 0. The molecule has 0 aromatic heterocycles. The molecule has 3 aliphatic rings. The smallest absolute Gasteiger partial charge is 0.412 e. The van der Waals surface area contributed by atoms with Crippen LogP contribution in [0.25, 0.3) is 10.8 Å². The van der Waals surface area contributed by atoms with Gasteiger partial charge >= 0.3 is 6.09 Å². The van der Waals surface area contributed by atoms with Gasteiger partial charge in [-0.3, -0.25) is 5.32 Å². The number of nitrogens with one attached hydrogen (secondary N) is 2. The van der Waals surface area contributed by atoms with E-state index in [9.17, 15) is 4.79 Å². The largest absolute Gasteiger partial charge is 0.441 e. The van der Waals surface area contributed by atoms with Gasteiger partial charge in [-0.15, -0.1) is 0 Å². The SMILES string of the molecule is O=C(Nc1cccc2ccccc12)OC1COC2C(NCC3CCCCC3)COC12. The molecule has 2 aromatic carbocycles. The van der Waals surface area contributed by atoms with Crippen molar-refractivity contribution in [2.45, 2.75) is 56.5 Å². The Morgan fingerprint density at radius 2 is 1.77 bits per heavy atom. The number of hydrogen-bond acceptors (Lipinski definition) is 5. The number of hydrogen-bond donors (Lipinski definition) is 2. The maximum atomic E-state index is 12.6. The Morgan fingerprint density at radius 3 is 2.67 bits per heavy atom. The molecule has 1 aliphatic carbocycles. The molecule has 2 N–H and O–H groups in total. The van der Waals surface area contributed by atoms with E-state index < -0.39 is 6.09 Å². The van der Waals surface area contributed by atoms with Gasteiger partial charge in [-0.25, -0.2) is 4.79 Å². The van der Waals surface area contributed by atoms with Crippen molar-refractivity contribution in [3.05, 3.63) is 42.5 Å². The monoisotopic (exact) mass is 410 g/mol. The van der Waals surface area contributed by atoms with E-state index in [-0.39, 0.29) is 24.4 Å². The molecule has 1 amide bonds. The number of anilines is 1. The van der Waals surface area contributed by atoms with Crippen LogP contribution in [0.2, 0.25) is 0 Å². The Bertz CT molecular complexity index is 877. The maximum absolute atomic E-state index is 12.6. The normalized spacial score (nSPS) is 29.1. The summed E-state index contributed by atoms with van der Waals surface area (Å²) in [6.45, 7) is 2.00. The number of amides is 1. The number of carbonyl (C=O) groups is 1. The summed E-state index contributed by atoms with van der Waals surface area (Å²) in [6, 6.07) is 14.0. The van der Waals surface area contributed by atoms with Gasteiger partial charge in [0.05, 0.1) is 24.9 Å². The van der Waals surface area contributed by atoms with Gasteiger partial charge in [0.1, 0.15) is 12.2 Å². The molecule has 4 atom stereocenters. The molecular formula is C24H30N2O4. The summed E-state index contributed by atoms with van der Waals surface area (Å²) in [5.74, 6) is 0.762. The molecule has 0 radical (unpaired) electrons. The van der Waals surface area contributed by atoms with E-state index in [1.807, 2.05) is 42.5 Å². The minimum Gasteiger partial charge on any atom is -0.441 e. The molecule has 30 heavy (non-hydrogen) atoms. The van der Waals surface area contributed by atoms with Crippen LogP contribution in [0.5, 0.6) is 0 Å². The average molecular weight is 411 g/mol. The molecule has 5 rings (SSSR count). The topological polar surface area (TPSA) is 68.8 Å². The maximum Gasteiger partial charge on any atom is 0.412 e. The van der Waals surface area contributed by atoms with Crippen LogP contribution < -0.4 is 10.6 Å². The molecule has 6 nitrogen and oxygen atoms in total. The Hall–Kier alpha value is -2.15. The van der Waals surface area contributed by atoms with Crippen LogP contribution in [0.4, 0.5) is 10.5 Å². The lowest BCUT2D eigenvalue weighted by Gasteiger charge is -2.25. The first-order valence-corrected chi connectivity index (χ1v) is 11.2. The first-order chi connectivity index (χ1) is 14.8. The van der Waals surface area contributed by atoms with Crippen molar-refractivity contribution in [3.63, 3.8) is 0 Å². The van der Waals surface area contributed by atoms with Crippen LogP contribution in [0, 0.1) is 5.92 Å². The van der Waals surface area contributed by atoms with Crippen LogP contribution in [0.15, 0.2) is 42.5 Å². The van der Waals surface area contributed by atoms with Crippen LogP contribution in [0.3, 0.4) is 0 Å². The van der Waals surface area contributed by atoms with E-state index in [0.717, 1.165) is 28.9 Å². The van der Waals surface area contributed by atoms with Gasteiger partial charge in [0, 0.05) is 5.39 Å². The minimum atomic E-state index is -0.470. The zero-order valence-electron chi connectivity index (χ0n) is 17.2. The number of fused-ring (bicyclic) bond motifs is 2. The van der Waals surface area contributed by atoms with Crippen LogP contribution >= 0.6 is 0 Å². The predicted octanol–water partition coefficient (Wildman–Crippen LogP) is 4.09. The molecule has 2 aromatic rings. The molecule has 160 valence electrons. The van der Waals surface area contributed by atoms with Gasteiger partial charge in [0.15, 0.2) is 6.10 Å². The highest BCUT2D eigenvalue weighted by Crippen LogP contribution is 2.30.